The van der Waals surface area contributed by atoms with Gasteiger partial charge in [0, 0.05) is 13.1 Å². The van der Waals surface area contributed by atoms with Crippen molar-refractivity contribution in [2.24, 2.45) is 11.5 Å². The van der Waals surface area contributed by atoms with E-state index in [4.69, 9.17) is 16.9 Å². The van der Waals surface area contributed by atoms with E-state index >= 15 is 0 Å². The zero-order valence-electron chi connectivity index (χ0n) is 14.8. The van der Waals surface area contributed by atoms with Crippen molar-refractivity contribution < 1.29 is 9.59 Å². The Labute approximate surface area is 151 Å². The molecule has 26 heavy (non-hydrogen) atoms. The van der Waals surface area contributed by atoms with Crippen LogP contribution in [0.4, 0.5) is 0 Å². The molecule has 0 spiro atoms. The van der Waals surface area contributed by atoms with Crippen LogP contribution in [0.2, 0.25) is 0 Å². The van der Waals surface area contributed by atoms with Gasteiger partial charge in [0.05, 0.1) is 11.0 Å². The molecule has 0 atom stereocenters. The molecule has 0 unspecified atom stereocenters. The Morgan fingerprint density at radius 2 is 1.31 bits per heavy atom. The molecule has 0 aliphatic heterocycles. The summed E-state index contributed by atoms with van der Waals surface area (Å²) in [5.41, 5.74) is 12.4. The van der Waals surface area contributed by atoms with Crippen LogP contribution in [-0.4, -0.2) is 47.1 Å². The van der Waals surface area contributed by atoms with E-state index in [1.165, 1.54) is 0 Å². The summed E-state index contributed by atoms with van der Waals surface area (Å²) in [6.07, 6.45) is 1.41. The average molecular weight is 361 g/mol. The topological polar surface area (TPSA) is 144 Å². The molecule has 1 heterocycles. The second-order valence-corrected chi connectivity index (χ2v) is 5.97. The molecule has 2 amide bonds. The summed E-state index contributed by atoms with van der Waals surface area (Å²) in [5.74, 6) is -0.375. The highest BCUT2D eigenvalue weighted by Crippen LogP contribution is 2.12. The zero-order valence-corrected chi connectivity index (χ0v) is 14.8. The number of aromatic nitrogens is 2. The molecule has 1 aromatic heterocycles. The molecule has 9 nitrogen and oxygen atoms in total. The number of nitrogens with zero attached hydrogens (tertiary/aromatic N) is 2. The molecule has 142 valence electrons. The average Bonchev–Trinajstić information content (AvgIpc) is 2.88. The van der Waals surface area contributed by atoms with Gasteiger partial charge in [-0.3, -0.25) is 15.0 Å². The Bertz CT molecular complexity index is 745. The number of hydrogen-bond acceptors (Lipinski definition) is 5. The minimum absolute atomic E-state index is 0.0196. The van der Waals surface area contributed by atoms with Gasteiger partial charge in [-0.1, -0.05) is 12.1 Å². The van der Waals surface area contributed by atoms with Gasteiger partial charge >= 0.3 is 0 Å². The fourth-order valence-electron chi connectivity index (χ4n) is 2.67. The number of carbonyl (C=O) groups excluding carboxylic acids is 2. The summed E-state index contributed by atoms with van der Waals surface area (Å²) in [5, 5.41) is 14.0. The van der Waals surface area contributed by atoms with Crippen molar-refractivity contribution in [2.45, 2.75) is 25.9 Å². The van der Waals surface area contributed by atoms with Crippen LogP contribution in [0.1, 0.15) is 12.8 Å². The first-order chi connectivity index (χ1) is 12.6. The summed E-state index contributed by atoms with van der Waals surface area (Å²) >= 11 is 0. The Morgan fingerprint density at radius 1 is 0.885 bits per heavy atom. The number of rotatable bonds is 10. The van der Waals surface area contributed by atoms with Crippen LogP contribution in [0, 0.1) is 5.41 Å². The maximum atomic E-state index is 12.1. The predicted octanol–water partition coefficient (Wildman–Crippen LogP) is -1.15. The van der Waals surface area contributed by atoms with E-state index in [1.807, 2.05) is 24.3 Å². The number of nitrogens with one attached hydrogen (secondary N) is 3. The second kappa shape index (κ2) is 9.73. The number of amides is 2. The molecule has 0 radical (unpaired) electrons. The quantitative estimate of drug-likeness (QED) is 0.340. The molecular weight excluding hydrogens is 334 g/mol. The van der Waals surface area contributed by atoms with Crippen LogP contribution in [0.25, 0.3) is 11.0 Å². The van der Waals surface area contributed by atoms with Crippen molar-refractivity contribution in [1.82, 2.24) is 19.8 Å². The normalized spacial score (nSPS) is 10.8. The van der Waals surface area contributed by atoms with E-state index in [0.29, 0.717) is 39.0 Å². The Balaban J connectivity index is 2.21. The smallest absolute Gasteiger partial charge is 0.240 e. The Kier molecular flexibility index (Phi) is 7.37. The molecule has 2 rings (SSSR count). The van der Waals surface area contributed by atoms with E-state index in [-0.39, 0.29) is 30.5 Å². The Morgan fingerprint density at radius 3 is 1.69 bits per heavy atom. The van der Waals surface area contributed by atoms with Crippen molar-refractivity contribution >= 4 is 22.8 Å². The summed E-state index contributed by atoms with van der Waals surface area (Å²) in [7, 11) is 0. The lowest BCUT2D eigenvalue weighted by molar-refractivity contribution is -0.122. The highest BCUT2D eigenvalue weighted by molar-refractivity contribution is 5.83. The molecule has 0 saturated carbocycles. The first kappa shape index (κ1) is 19.7. The third-order valence-electron chi connectivity index (χ3n) is 3.98. The SMILES string of the molecule is N=c1n(CC(=O)NCCCN)c2ccccc2n1CC(=O)NCCCN. The molecule has 0 saturated heterocycles. The van der Waals surface area contributed by atoms with Crippen LogP contribution in [0.5, 0.6) is 0 Å². The minimum atomic E-state index is -0.188. The molecule has 0 aliphatic carbocycles. The molecule has 0 bridgehead atoms. The van der Waals surface area contributed by atoms with Gasteiger partial charge in [-0.25, -0.2) is 0 Å². The van der Waals surface area contributed by atoms with Crippen LogP contribution >= 0.6 is 0 Å². The number of benzene rings is 1. The zero-order chi connectivity index (χ0) is 18.9. The van der Waals surface area contributed by atoms with E-state index < -0.39 is 0 Å². The van der Waals surface area contributed by atoms with Gasteiger partial charge < -0.3 is 31.2 Å². The molecule has 2 aromatic rings. The molecule has 0 aliphatic rings. The number of hydrogen-bond donors (Lipinski definition) is 5. The maximum Gasteiger partial charge on any atom is 0.240 e. The third-order valence-corrected chi connectivity index (χ3v) is 3.98. The molecule has 1 aromatic carbocycles. The lowest BCUT2D eigenvalue weighted by atomic mass is 10.3. The maximum absolute atomic E-state index is 12.1. The standard InChI is InChI=1S/C17H27N7O2/c18-7-3-9-21-15(25)11-23-13-5-1-2-6-14(13)24(17(23)20)12-16(26)22-10-4-8-19/h1-2,5-6,20H,3-4,7-12,18-19H2,(H,21,25)(H,22,26). The highest BCUT2D eigenvalue weighted by atomic mass is 16.2. The second-order valence-electron chi connectivity index (χ2n) is 5.97. The van der Waals surface area contributed by atoms with E-state index in [1.54, 1.807) is 9.13 Å². The van der Waals surface area contributed by atoms with E-state index in [9.17, 15) is 9.59 Å². The summed E-state index contributed by atoms with van der Waals surface area (Å²) < 4.78 is 3.19. The fraction of sp³-hybridized carbons (Fsp3) is 0.471. The summed E-state index contributed by atoms with van der Waals surface area (Å²) in [4.78, 5) is 24.3. The summed E-state index contributed by atoms with van der Waals surface area (Å²) in [6, 6.07) is 7.36. The Hall–Kier alpha value is -2.65. The van der Waals surface area contributed by atoms with Crippen molar-refractivity contribution in [2.75, 3.05) is 26.2 Å². The van der Waals surface area contributed by atoms with Crippen molar-refractivity contribution in [1.29, 1.82) is 5.41 Å². The lowest BCUT2D eigenvalue weighted by Crippen LogP contribution is -2.36. The lowest BCUT2D eigenvalue weighted by Gasteiger charge is -2.07. The van der Waals surface area contributed by atoms with Crippen LogP contribution in [-0.2, 0) is 22.7 Å². The van der Waals surface area contributed by atoms with Gasteiger partial charge in [0.1, 0.15) is 13.1 Å². The van der Waals surface area contributed by atoms with Crippen molar-refractivity contribution in [3.05, 3.63) is 29.9 Å². The van der Waals surface area contributed by atoms with Crippen LogP contribution in [0.15, 0.2) is 24.3 Å². The van der Waals surface area contributed by atoms with Gasteiger partial charge in [-0.05, 0) is 38.1 Å². The van der Waals surface area contributed by atoms with Crippen LogP contribution in [0.3, 0.4) is 0 Å². The van der Waals surface area contributed by atoms with Crippen molar-refractivity contribution in [3.8, 4) is 0 Å². The van der Waals surface area contributed by atoms with Gasteiger partial charge in [0.15, 0.2) is 0 Å². The van der Waals surface area contributed by atoms with Gasteiger partial charge in [-0.2, -0.15) is 0 Å². The van der Waals surface area contributed by atoms with Gasteiger partial charge in [0.25, 0.3) is 0 Å². The number of imidazole rings is 1. The van der Waals surface area contributed by atoms with Gasteiger partial charge in [-0.15, -0.1) is 0 Å². The number of fused-ring (bicyclic) bond motifs is 1. The molecule has 7 N–H and O–H groups in total. The number of nitrogens with two attached hydrogens (primary N) is 2. The largest absolute Gasteiger partial charge is 0.355 e. The summed E-state index contributed by atoms with van der Waals surface area (Å²) in [6.45, 7) is 2.07. The first-order valence-electron chi connectivity index (χ1n) is 8.74. The monoisotopic (exact) mass is 361 g/mol. The van der Waals surface area contributed by atoms with Crippen molar-refractivity contribution in [3.63, 3.8) is 0 Å². The molecule has 0 fully saturated rings. The van der Waals surface area contributed by atoms with Gasteiger partial charge in [0.2, 0.25) is 17.4 Å². The van der Waals surface area contributed by atoms with E-state index in [0.717, 1.165) is 11.0 Å². The molecule has 9 heteroatoms. The van der Waals surface area contributed by atoms with E-state index in [2.05, 4.69) is 10.6 Å². The fourth-order valence-corrected chi connectivity index (χ4v) is 2.67. The number of para-hydroxylation sites is 2. The predicted molar refractivity (Wildman–Crippen MR) is 99.1 cm³/mol. The van der Waals surface area contributed by atoms with Crippen LogP contribution < -0.4 is 27.7 Å². The first-order valence-corrected chi connectivity index (χ1v) is 8.74. The third kappa shape index (κ3) is 4.93. The minimum Gasteiger partial charge on any atom is -0.355 e. The number of carbonyl (C=O) groups is 2. The molecular formula is C17H27N7O2. The highest BCUT2D eigenvalue weighted by Gasteiger charge is 2.15.